The van der Waals surface area contributed by atoms with Crippen LogP contribution in [0, 0.1) is 0 Å². The minimum atomic E-state index is -4.35. The van der Waals surface area contributed by atoms with Crippen LogP contribution in [0.1, 0.15) is 67.2 Å². The molecule has 2 aliphatic carbocycles. The number of amides is 1. The van der Waals surface area contributed by atoms with Gasteiger partial charge in [-0.3, -0.25) is 4.90 Å². The average Bonchev–Trinajstić information content (AvgIpc) is 3.05. The van der Waals surface area contributed by atoms with Crippen LogP contribution in [-0.4, -0.2) is 34.7 Å². The third-order valence-corrected chi connectivity index (χ3v) is 7.55. The molecular weight excluding hydrogens is 417 g/mol. The molecule has 1 aliphatic heterocycles. The minimum absolute atomic E-state index is 0.0321. The lowest BCUT2D eigenvalue weighted by Crippen LogP contribution is -2.46. The number of nitrogens with zero attached hydrogens (tertiary/aromatic N) is 1. The van der Waals surface area contributed by atoms with Crippen LogP contribution < -0.4 is 5.32 Å². The second-order valence-corrected chi connectivity index (χ2v) is 9.35. The Bertz CT molecular complexity index is 1010. The number of hydrogen-bond donors (Lipinski definition) is 2. The molecule has 3 aliphatic rings. The summed E-state index contributed by atoms with van der Waals surface area (Å²) >= 11 is 0. The summed E-state index contributed by atoms with van der Waals surface area (Å²) in [5.74, 6) is 0.520. The van der Waals surface area contributed by atoms with Crippen LogP contribution in [0.4, 0.5) is 18.0 Å². The molecule has 0 aromatic heterocycles. The predicted octanol–water partition coefficient (Wildman–Crippen LogP) is 6.19. The van der Waals surface area contributed by atoms with Gasteiger partial charge in [0.25, 0.3) is 0 Å². The highest BCUT2D eigenvalue weighted by molar-refractivity contribution is 5.67. The quantitative estimate of drug-likeness (QED) is 0.594. The topological polar surface area (TPSA) is 52.6 Å². The third kappa shape index (κ3) is 3.98. The summed E-state index contributed by atoms with van der Waals surface area (Å²) in [5, 5.41) is 11.6. The smallest absolute Gasteiger partial charge is 0.416 e. The second kappa shape index (κ2) is 8.10. The molecule has 2 aromatic carbocycles. The molecule has 5 rings (SSSR count). The van der Waals surface area contributed by atoms with Crippen LogP contribution in [0.5, 0.6) is 0 Å². The van der Waals surface area contributed by atoms with Crippen LogP contribution in [0.2, 0.25) is 0 Å². The Morgan fingerprint density at radius 1 is 0.969 bits per heavy atom. The van der Waals surface area contributed by atoms with Gasteiger partial charge in [-0.25, -0.2) is 4.79 Å². The summed E-state index contributed by atoms with van der Waals surface area (Å²) in [4.78, 5) is 13.5. The van der Waals surface area contributed by atoms with Crippen LogP contribution in [0.3, 0.4) is 0 Å². The van der Waals surface area contributed by atoms with Crippen molar-refractivity contribution in [2.45, 2.75) is 68.7 Å². The van der Waals surface area contributed by atoms with Gasteiger partial charge < -0.3 is 10.4 Å². The van der Waals surface area contributed by atoms with Crippen molar-refractivity contribution in [3.05, 3.63) is 59.2 Å². The Morgan fingerprint density at radius 2 is 1.72 bits per heavy atom. The van der Waals surface area contributed by atoms with Crippen LogP contribution >= 0.6 is 0 Å². The maximum atomic E-state index is 13.2. The van der Waals surface area contributed by atoms with Gasteiger partial charge in [-0.15, -0.1) is 0 Å². The fraction of sp³-hybridized carbons (Fsp3) is 0.480. The van der Waals surface area contributed by atoms with Crippen molar-refractivity contribution in [2.75, 3.05) is 6.54 Å². The number of fused-ring (bicyclic) bond motifs is 5. The number of carboxylic acid groups (broad SMARTS) is 1. The molecule has 32 heavy (non-hydrogen) atoms. The molecule has 1 amide bonds. The minimum Gasteiger partial charge on any atom is -0.465 e. The van der Waals surface area contributed by atoms with Gasteiger partial charge in [-0.2, -0.15) is 13.2 Å². The first kappa shape index (κ1) is 21.3. The molecule has 1 saturated carbocycles. The largest absolute Gasteiger partial charge is 0.465 e. The summed E-state index contributed by atoms with van der Waals surface area (Å²) in [6.07, 6.45) is 0.481. The van der Waals surface area contributed by atoms with E-state index in [9.17, 15) is 18.0 Å². The number of likely N-dealkylation sites (tertiary alicyclic amines) is 1. The van der Waals surface area contributed by atoms with E-state index in [1.807, 2.05) is 6.07 Å². The first-order valence-corrected chi connectivity index (χ1v) is 11.4. The molecule has 2 aromatic rings. The molecule has 1 saturated heterocycles. The Labute approximate surface area is 185 Å². The van der Waals surface area contributed by atoms with Gasteiger partial charge in [0, 0.05) is 18.1 Å². The Morgan fingerprint density at radius 3 is 2.44 bits per heavy atom. The van der Waals surface area contributed by atoms with Crippen molar-refractivity contribution < 1.29 is 23.1 Å². The monoisotopic (exact) mass is 444 g/mol. The molecule has 2 unspecified atom stereocenters. The molecule has 2 atom stereocenters. The summed E-state index contributed by atoms with van der Waals surface area (Å²) in [6.45, 7) is 1.02. The standard InChI is InChI=1S/C25H27F3N2O2/c26-25(27,28)18-3-1-2-15(12-18)16-4-9-21-17-10-11-30(23(14-17)22(21)13-16)20-7-5-19(6-8-20)29-24(31)32/h1-4,9,12-13,17,19-20,23,29H,5-8,10-11,14H2,(H,31,32). The lowest BCUT2D eigenvalue weighted by atomic mass is 9.87. The van der Waals surface area contributed by atoms with Gasteiger partial charge in [0.1, 0.15) is 0 Å². The second-order valence-electron chi connectivity index (χ2n) is 9.35. The number of benzene rings is 2. The van der Waals surface area contributed by atoms with E-state index in [-0.39, 0.29) is 6.04 Å². The molecule has 170 valence electrons. The predicted molar refractivity (Wildman–Crippen MR) is 116 cm³/mol. The summed E-state index contributed by atoms with van der Waals surface area (Å²) in [6, 6.07) is 12.5. The Kier molecular flexibility index (Phi) is 5.40. The van der Waals surface area contributed by atoms with E-state index in [0.717, 1.165) is 56.7 Å². The van der Waals surface area contributed by atoms with Gasteiger partial charge in [0.15, 0.2) is 0 Å². The molecular formula is C25H27F3N2O2. The normalized spacial score (nSPS) is 27.7. The SMILES string of the molecule is O=C(O)NC1CCC(N2CCC3CC2c2cc(-c4cccc(C(F)(F)F)c4)ccc23)CC1. The van der Waals surface area contributed by atoms with Gasteiger partial charge in [0.05, 0.1) is 5.56 Å². The number of rotatable bonds is 3. The van der Waals surface area contributed by atoms with Crippen molar-refractivity contribution in [1.82, 2.24) is 10.2 Å². The highest BCUT2D eigenvalue weighted by Gasteiger charge is 2.42. The molecule has 2 N–H and O–H groups in total. The number of alkyl halides is 3. The van der Waals surface area contributed by atoms with Gasteiger partial charge >= 0.3 is 12.3 Å². The van der Waals surface area contributed by atoms with E-state index in [2.05, 4.69) is 22.3 Å². The molecule has 2 fully saturated rings. The molecule has 2 bridgehead atoms. The zero-order valence-electron chi connectivity index (χ0n) is 17.7. The zero-order valence-corrected chi connectivity index (χ0v) is 17.7. The van der Waals surface area contributed by atoms with Crippen LogP contribution in [-0.2, 0) is 6.18 Å². The van der Waals surface area contributed by atoms with Crippen molar-refractivity contribution >= 4 is 6.09 Å². The first-order valence-electron chi connectivity index (χ1n) is 11.4. The zero-order chi connectivity index (χ0) is 22.5. The number of hydrogen-bond acceptors (Lipinski definition) is 2. The van der Waals surface area contributed by atoms with Crippen molar-refractivity contribution in [3.63, 3.8) is 0 Å². The lowest BCUT2D eigenvalue weighted by molar-refractivity contribution is -0.137. The Balaban J connectivity index is 1.38. The van der Waals surface area contributed by atoms with Crippen LogP contribution in [0.25, 0.3) is 11.1 Å². The van der Waals surface area contributed by atoms with E-state index < -0.39 is 17.8 Å². The maximum absolute atomic E-state index is 13.2. The van der Waals surface area contributed by atoms with Crippen molar-refractivity contribution in [2.24, 2.45) is 0 Å². The summed E-state index contributed by atoms with van der Waals surface area (Å²) in [5.41, 5.74) is 3.40. The van der Waals surface area contributed by atoms with Crippen molar-refractivity contribution in [1.29, 1.82) is 0 Å². The summed E-state index contributed by atoms with van der Waals surface area (Å²) < 4.78 is 39.6. The summed E-state index contributed by atoms with van der Waals surface area (Å²) in [7, 11) is 0. The fourth-order valence-electron chi connectivity index (χ4n) is 6.02. The molecule has 0 radical (unpaired) electrons. The van der Waals surface area contributed by atoms with Gasteiger partial charge in [-0.05, 0) is 91.4 Å². The van der Waals surface area contributed by atoms with Gasteiger partial charge in [0.2, 0.25) is 0 Å². The maximum Gasteiger partial charge on any atom is 0.416 e. The van der Waals surface area contributed by atoms with E-state index in [4.69, 9.17) is 5.11 Å². The molecule has 1 heterocycles. The van der Waals surface area contributed by atoms with E-state index >= 15 is 0 Å². The van der Waals surface area contributed by atoms with Crippen molar-refractivity contribution in [3.8, 4) is 11.1 Å². The van der Waals surface area contributed by atoms with E-state index in [1.165, 1.54) is 23.3 Å². The molecule has 4 nitrogen and oxygen atoms in total. The third-order valence-electron chi connectivity index (χ3n) is 7.55. The number of carbonyl (C=O) groups is 1. The van der Waals surface area contributed by atoms with E-state index in [0.29, 0.717) is 23.6 Å². The molecule has 0 spiro atoms. The number of piperidine rings is 1. The lowest BCUT2D eigenvalue weighted by Gasteiger charge is -2.42. The fourth-order valence-corrected chi connectivity index (χ4v) is 6.02. The van der Waals surface area contributed by atoms with Gasteiger partial charge in [-0.1, -0.05) is 24.3 Å². The number of halogens is 3. The number of nitrogens with one attached hydrogen (secondary N) is 1. The van der Waals surface area contributed by atoms with E-state index in [1.54, 1.807) is 6.07 Å². The highest BCUT2D eigenvalue weighted by atomic mass is 19.4. The van der Waals surface area contributed by atoms with Crippen LogP contribution in [0.15, 0.2) is 42.5 Å². The molecule has 7 heteroatoms. The highest BCUT2D eigenvalue weighted by Crippen LogP contribution is 2.51. The first-order chi connectivity index (χ1) is 15.3. The Hall–Kier alpha value is -2.54. The average molecular weight is 444 g/mol.